The lowest BCUT2D eigenvalue weighted by Gasteiger charge is -2.15. The van der Waals surface area contributed by atoms with Crippen LogP contribution in [-0.2, 0) is 28.9 Å². The number of amides is 1. The minimum atomic E-state index is -0.403. The molecule has 3 aromatic rings. The zero-order valence-corrected chi connectivity index (χ0v) is 20.4. The van der Waals surface area contributed by atoms with Gasteiger partial charge in [-0.2, -0.15) is 0 Å². The molecular weight excluding hydrogens is 460 g/mol. The first kappa shape index (κ1) is 23.3. The number of methoxy groups -OCH3 is 1. The number of benzene rings is 1. The maximum Gasteiger partial charge on any atom is 0.341 e. The number of rotatable bonds is 9. The second-order valence-electron chi connectivity index (χ2n) is 7.55. The van der Waals surface area contributed by atoms with Gasteiger partial charge < -0.3 is 19.4 Å². The zero-order valence-electron chi connectivity index (χ0n) is 18.8. The minimum absolute atomic E-state index is 0.148. The van der Waals surface area contributed by atoms with Crippen molar-refractivity contribution in [3.8, 4) is 5.75 Å². The molecule has 1 unspecified atom stereocenters. The van der Waals surface area contributed by atoms with E-state index in [-0.39, 0.29) is 17.8 Å². The van der Waals surface area contributed by atoms with Crippen LogP contribution in [0, 0.1) is 0 Å². The number of aryl methyl sites for hydroxylation is 1. The molecule has 8 nitrogen and oxygen atoms in total. The van der Waals surface area contributed by atoms with Crippen molar-refractivity contribution >= 4 is 40.0 Å². The van der Waals surface area contributed by atoms with Crippen molar-refractivity contribution in [2.24, 2.45) is 0 Å². The van der Waals surface area contributed by atoms with Gasteiger partial charge in [-0.3, -0.25) is 4.79 Å². The molecular formula is C23H26N4O4S2. The molecule has 33 heavy (non-hydrogen) atoms. The third-order valence-corrected chi connectivity index (χ3v) is 7.55. The van der Waals surface area contributed by atoms with E-state index in [1.165, 1.54) is 30.2 Å². The number of thioether (sulfide) groups is 1. The van der Waals surface area contributed by atoms with E-state index in [4.69, 9.17) is 9.47 Å². The number of thiophene rings is 1. The average Bonchev–Trinajstić information content (AvgIpc) is 3.52. The number of hydrogen-bond donors (Lipinski definition) is 1. The van der Waals surface area contributed by atoms with Crippen LogP contribution in [0.4, 0.5) is 5.00 Å². The van der Waals surface area contributed by atoms with Crippen LogP contribution < -0.4 is 10.1 Å². The van der Waals surface area contributed by atoms with E-state index in [0.717, 1.165) is 35.5 Å². The summed E-state index contributed by atoms with van der Waals surface area (Å²) in [6.07, 6.45) is 2.50. The molecule has 0 bridgehead atoms. The van der Waals surface area contributed by atoms with Gasteiger partial charge in [-0.05, 0) is 50.8 Å². The number of nitrogens with zero attached hydrogens (tertiary/aromatic N) is 3. The lowest BCUT2D eigenvalue weighted by atomic mass is 10.1. The predicted octanol–water partition coefficient (Wildman–Crippen LogP) is 4.51. The van der Waals surface area contributed by atoms with E-state index < -0.39 is 5.97 Å². The summed E-state index contributed by atoms with van der Waals surface area (Å²) in [5.74, 6) is 1.00. The van der Waals surface area contributed by atoms with E-state index in [1.54, 1.807) is 0 Å². The lowest BCUT2D eigenvalue weighted by molar-refractivity contribution is -0.113. The molecule has 0 saturated heterocycles. The van der Waals surface area contributed by atoms with Crippen LogP contribution in [0.15, 0.2) is 35.5 Å². The van der Waals surface area contributed by atoms with Crippen LogP contribution in [0.25, 0.3) is 0 Å². The van der Waals surface area contributed by atoms with Crippen LogP contribution in [0.5, 0.6) is 5.75 Å². The molecule has 1 amide bonds. The SMILES string of the molecule is CCn1c(SCC(=O)Nc2sc3c(c2C(=O)OC)CCC3)nnc1C(C)Oc1ccccc1. The molecule has 174 valence electrons. The topological polar surface area (TPSA) is 95.3 Å². The molecule has 4 rings (SSSR count). The lowest BCUT2D eigenvalue weighted by Crippen LogP contribution is -2.17. The molecule has 1 atom stereocenters. The molecule has 1 aliphatic rings. The molecule has 2 aromatic heterocycles. The molecule has 0 spiro atoms. The first-order chi connectivity index (χ1) is 16.0. The number of carbonyl (C=O) groups excluding carboxylic acids is 2. The summed E-state index contributed by atoms with van der Waals surface area (Å²) in [6, 6.07) is 9.56. The first-order valence-corrected chi connectivity index (χ1v) is 12.6. The summed E-state index contributed by atoms with van der Waals surface area (Å²) in [5.41, 5.74) is 1.51. The minimum Gasteiger partial charge on any atom is -0.483 e. The maximum atomic E-state index is 12.7. The number of nitrogens with one attached hydrogen (secondary N) is 1. The highest BCUT2D eigenvalue weighted by Gasteiger charge is 2.28. The van der Waals surface area contributed by atoms with E-state index in [9.17, 15) is 9.59 Å². The summed E-state index contributed by atoms with van der Waals surface area (Å²) < 4.78 is 12.9. The highest BCUT2D eigenvalue weighted by Crippen LogP contribution is 2.39. The van der Waals surface area contributed by atoms with Crippen LogP contribution >= 0.6 is 23.1 Å². The van der Waals surface area contributed by atoms with Crippen molar-refractivity contribution < 1.29 is 19.1 Å². The van der Waals surface area contributed by atoms with Crippen LogP contribution in [0.3, 0.4) is 0 Å². The number of carbonyl (C=O) groups is 2. The van der Waals surface area contributed by atoms with Gasteiger partial charge in [-0.25, -0.2) is 4.79 Å². The Bertz CT molecular complexity index is 1140. The third kappa shape index (κ3) is 5.06. The van der Waals surface area contributed by atoms with Crippen molar-refractivity contribution in [3.63, 3.8) is 0 Å². The van der Waals surface area contributed by atoms with Crippen LogP contribution in [-0.4, -0.2) is 39.5 Å². The Morgan fingerprint density at radius 1 is 1.24 bits per heavy atom. The summed E-state index contributed by atoms with van der Waals surface area (Å²) in [7, 11) is 1.36. The standard InChI is InChI=1S/C23H26N4O4S2/c1-4-27-20(14(2)31-15-9-6-5-7-10-15)25-26-23(27)32-13-18(28)24-21-19(22(29)30-3)16-11-8-12-17(16)33-21/h5-7,9-10,14H,4,8,11-13H2,1-3H3,(H,24,28). The summed E-state index contributed by atoms with van der Waals surface area (Å²) >= 11 is 2.77. The van der Waals surface area contributed by atoms with Gasteiger partial charge in [0.1, 0.15) is 10.8 Å². The fourth-order valence-corrected chi connectivity index (χ4v) is 5.97. The van der Waals surface area contributed by atoms with Crippen molar-refractivity contribution in [1.29, 1.82) is 0 Å². The zero-order chi connectivity index (χ0) is 23.4. The fraction of sp³-hybridized carbons (Fsp3) is 0.391. The number of ether oxygens (including phenoxy) is 2. The molecule has 0 aliphatic heterocycles. The number of hydrogen-bond acceptors (Lipinski definition) is 8. The maximum absolute atomic E-state index is 12.7. The molecule has 0 radical (unpaired) electrons. The summed E-state index contributed by atoms with van der Waals surface area (Å²) in [5, 5.41) is 12.7. The van der Waals surface area contributed by atoms with Gasteiger partial charge in [0.25, 0.3) is 0 Å². The molecule has 1 aliphatic carbocycles. The Hall–Kier alpha value is -2.85. The van der Waals surface area contributed by atoms with Gasteiger partial charge >= 0.3 is 5.97 Å². The number of para-hydroxylation sites is 1. The number of aromatic nitrogens is 3. The predicted molar refractivity (Wildman–Crippen MR) is 128 cm³/mol. The quantitative estimate of drug-likeness (QED) is 0.351. The Kier molecular flexibility index (Phi) is 7.34. The van der Waals surface area contributed by atoms with Crippen molar-refractivity contribution in [3.05, 3.63) is 52.2 Å². The monoisotopic (exact) mass is 486 g/mol. The van der Waals surface area contributed by atoms with E-state index in [1.807, 2.05) is 48.7 Å². The average molecular weight is 487 g/mol. The normalized spacial score (nSPS) is 13.4. The third-order valence-electron chi connectivity index (χ3n) is 5.38. The second-order valence-corrected chi connectivity index (χ2v) is 9.60. The summed E-state index contributed by atoms with van der Waals surface area (Å²) in [4.78, 5) is 26.1. The molecule has 10 heteroatoms. The highest BCUT2D eigenvalue weighted by molar-refractivity contribution is 7.99. The van der Waals surface area contributed by atoms with Crippen molar-refractivity contribution in [2.45, 2.75) is 50.9 Å². The highest BCUT2D eigenvalue weighted by atomic mass is 32.2. The van der Waals surface area contributed by atoms with Crippen molar-refractivity contribution in [1.82, 2.24) is 14.8 Å². The van der Waals surface area contributed by atoms with Gasteiger partial charge in [0, 0.05) is 11.4 Å². The van der Waals surface area contributed by atoms with Crippen molar-refractivity contribution in [2.75, 3.05) is 18.2 Å². The first-order valence-electron chi connectivity index (χ1n) is 10.8. The van der Waals surface area contributed by atoms with E-state index in [2.05, 4.69) is 15.5 Å². The Morgan fingerprint density at radius 2 is 2.03 bits per heavy atom. The summed E-state index contributed by atoms with van der Waals surface area (Å²) in [6.45, 7) is 4.58. The molecule has 1 aromatic carbocycles. The number of fused-ring (bicyclic) bond motifs is 1. The Labute approximate surface area is 200 Å². The van der Waals surface area contributed by atoms with Gasteiger partial charge in [0.15, 0.2) is 17.1 Å². The second kappa shape index (κ2) is 10.4. The smallest absolute Gasteiger partial charge is 0.341 e. The molecule has 0 saturated carbocycles. The molecule has 0 fully saturated rings. The van der Waals surface area contributed by atoms with E-state index in [0.29, 0.717) is 28.1 Å². The van der Waals surface area contributed by atoms with Gasteiger partial charge in [-0.1, -0.05) is 30.0 Å². The van der Waals surface area contributed by atoms with Gasteiger partial charge in [0.05, 0.1) is 18.4 Å². The molecule has 2 heterocycles. The largest absolute Gasteiger partial charge is 0.483 e. The van der Waals surface area contributed by atoms with Crippen LogP contribution in [0.1, 0.15) is 53.0 Å². The molecule has 1 N–H and O–H groups in total. The number of anilines is 1. The van der Waals surface area contributed by atoms with E-state index >= 15 is 0 Å². The Morgan fingerprint density at radius 3 is 2.76 bits per heavy atom. The fourth-order valence-electron chi connectivity index (χ4n) is 3.86. The van der Waals surface area contributed by atoms with Gasteiger partial charge in [0.2, 0.25) is 5.91 Å². The van der Waals surface area contributed by atoms with Gasteiger partial charge in [-0.15, -0.1) is 21.5 Å². The Balaban J connectivity index is 1.42. The van der Waals surface area contributed by atoms with Crippen LogP contribution in [0.2, 0.25) is 0 Å². The number of esters is 1.